The van der Waals surface area contributed by atoms with Crippen molar-refractivity contribution >= 4 is 5.91 Å². The normalized spacial score (nSPS) is 34.6. The number of alkyl halides is 1. The Labute approximate surface area is 82.9 Å². The summed E-state index contributed by atoms with van der Waals surface area (Å²) in [5, 5.41) is 9.62. The highest BCUT2D eigenvalue weighted by atomic mass is 19.1. The molecule has 1 heterocycles. The monoisotopic (exact) mass is 201 g/mol. The van der Waals surface area contributed by atoms with Gasteiger partial charge in [-0.15, -0.1) is 0 Å². The van der Waals surface area contributed by atoms with E-state index in [-0.39, 0.29) is 24.4 Å². The molecule has 1 saturated carbocycles. The molecule has 0 aromatic carbocycles. The molecule has 0 aromatic rings. The summed E-state index contributed by atoms with van der Waals surface area (Å²) in [4.78, 5) is 13.3. The van der Waals surface area contributed by atoms with E-state index in [4.69, 9.17) is 0 Å². The van der Waals surface area contributed by atoms with E-state index in [0.717, 1.165) is 0 Å². The summed E-state index contributed by atoms with van der Waals surface area (Å²) in [5.41, 5.74) is -1.09. The average molecular weight is 201 g/mol. The van der Waals surface area contributed by atoms with Crippen LogP contribution in [-0.2, 0) is 4.79 Å². The minimum Gasteiger partial charge on any atom is -0.380 e. The Kier molecular flexibility index (Phi) is 2.26. The quantitative estimate of drug-likeness (QED) is 0.709. The van der Waals surface area contributed by atoms with Crippen LogP contribution in [0.5, 0.6) is 0 Å². The van der Waals surface area contributed by atoms with Crippen molar-refractivity contribution in [2.45, 2.75) is 25.4 Å². The van der Waals surface area contributed by atoms with E-state index in [2.05, 4.69) is 0 Å². The first-order valence-corrected chi connectivity index (χ1v) is 5.14. The molecule has 14 heavy (non-hydrogen) atoms. The summed E-state index contributed by atoms with van der Waals surface area (Å²) >= 11 is 0. The number of carbonyl (C=O) groups excluding carboxylic acids is 1. The fourth-order valence-corrected chi connectivity index (χ4v) is 2.03. The van der Waals surface area contributed by atoms with Crippen molar-refractivity contribution in [2.24, 2.45) is 11.8 Å². The van der Waals surface area contributed by atoms with Crippen LogP contribution in [0.1, 0.15) is 19.8 Å². The highest BCUT2D eigenvalue weighted by molar-refractivity contribution is 5.88. The number of hydrogen-bond donors (Lipinski definition) is 1. The van der Waals surface area contributed by atoms with Crippen LogP contribution < -0.4 is 0 Å². The fraction of sp³-hybridized carbons (Fsp3) is 0.900. The first-order chi connectivity index (χ1) is 6.57. The Morgan fingerprint density at radius 1 is 1.57 bits per heavy atom. The Morgan fingerprint density at radius 2 is 2.21 bits per heavy atom. The van der Waals surface area contributed by atoms with Crippen LogP contribution in [0.25, 0.3) is 0 Å². The van der Waals surface area contributed by atoms with Gasteiger partial charge < -0.3 is 10.0 Å². The van der Waals surface area contributed by atoms with Crippen LogP contribution in [0.4, 0.5) is 4.39 Å². The molecule has 1 N–H and O–H groups in total. The molecule has 0 spiro atoms. The summed E-state index contributed by atoms with van der Waals surface area (Å²) in [6, 6.07) is 0. The van der Waals surface area contributed by atoms with Gasteiger partial charge in [-0.2, -0.15) is 0 Å². The molecule has 3 nitrogen and oxygen atoms in total. The van der Waals surface area contributed by atoms with Crippen molar-refractivity contribution in [3.05, 3.63) is 0 Å². The SMILES string of the molecule is C[C@@H]1CN(C(=O)C2(O)CC2)C[C@@H]1CF. The van der Waals surface area contributed by atoms with Gasteiger partial charge in [0.1, 0.15) is 5.60 Å². The maximum absolute atomic E-state index is 12.5. The number of aliphatic hydroxyl groups is 1. The number of halogens is 1. The standard InChI is InChI=1S/C10H16FNO2/c1-7-5-12(6-8(7)4-11)9(13)10(14)2-3-10/h7-8,14H,2-6H2,1H3/t7-,8+/m1/s1. The lowest BCUT2D eigenvalue weighted by atomic mass is 10.0. The second-order valence-electron chi connectivity index (χ2n) is 4.63. The third-order valence-electron chi connectivity index (χ3n) is 3.38. The first kappa shape index (κ1) is 9.90. The van der Waals surface area contributed by atoms with Gasteiger partial charge in [-0.05, 0) is 18.8 Å². The van der Waals surface area contributed by atoms with E-state index in [1.807, 2.05) is 6.92 Å². The van der Waals surface area contributed by atoms with Crippen molar-refractivity contribution in [2.75, 3.05) is 19.8 Å². The van der Waals surface area contributed by atoms with Crippen LogP contribution in [0.2, 0.25) is 0 Å². The molecule has 2 fully saturated rings. The number of rotatable bonds is 2. The Bertz CT molecular complexity index is 253. The van der Waals surface area contributed by atoms with Gasteiger partial charge in [0.15, 0.2) is 0 Å². The van der Waals surface area contributed by atoms with Gasteiger partial charge in [-0.3, -0.25) is 9.18 Å². The van der Waals surface area contributed by atoms with E-state index in [1.165, 1.54) is 0 Å². The summed E-state index contributed by atoms with van der Waals surface area (Å²) in [6.45, 7) is 2.65. The van der Waals surface area contributed by atoms with Crippen molar-refractivity contribution in [3.8, 4) is 0 Å². The number of likely N-dealkylation sites (tertiary alicyclic amines) is 1. The number of nitrogens with zero attached hydrogens (tertiary/aromatic N) is 1. The first-order valence-electron chi connectivity index (χ1n) is 5.14. The van der Waals surface area contributed by atoms with E-state index in [0.29, 0.717) is 25.9 Å². The second kappa shape index (κ2) is 3.19. The lowest BCUT2D eigenvalue weighted by Gasteiger charge is -2.19. The maximum atomic E-state index is 12.5. The van der Waals surface area contributed by atoms with Gasteiger partial charge in [0.05, 0.1) is 6.67 Å². The molecule has 1 aliphatic carbocycles. The lowest BCUT2D eigenvalue weighted by Crippen LogP contribution is -2.39. The fourth-order valence-electron chi connectivity index (χ4n) is 2.03. The van der Waals surface area contributed by atoms with E-state index in [1.54, 1.807) is 4.90 Å². The molecule has 80 valence electrons. The number of carbonyl (C=O) groups is 1. The molecule has 2 rings (SSSR count). The average Bonchev–Trinajstić information content (AvgIpc) is 2.79. The molecule has 2 aliphatic rings. The highest BCUT2D eigenvalue weighted by Crippen LogP contribution is 2.38. The largest absolute Gasteiger partial charge is 0.380 e. The molecule has 0 radical (unpaired) electrons. The number of amides is 1. The molecule has 4 heteroatoms. The Balaban J connectivity index is 1.97. The zero-order valence-corrected chi connectivity index (χ0v) is 8.37. The number of hydrogen-bond acceptors (Lipinski definition) is 2. The molecule has 0 bridgehead atoms. The van der Waals surface area contributed by atoms with Gasteiger partial charge in [-0.1, -0.05) is 6.92 Å². The molecule has 1 saturated heterocycles. The van der Waals surface area contributed by atoms with Gasteiger partial charge in [0.25, 0.3) is 5.91 Å². The van der Waals surface area contributed by atoms with Crippen LogP contribution >= 0.6 is 0 Å². The molecule has 1 amide bonds. The smallest absolute Gasteiger partial charge is 0.254 e. The van der Waals surface area contributed by atoms with Crippen LogP contribution in [-0.4, -0.2) is 41.3 Å². The summed E-state index contributed by atoms with van der Waals surface area (Å²) in [5.74, 6) is -0.0205. The summed E-state index contributed by atoms with van der Waals surface area (Å²) < 4.78 is 12.5. The topological polar surface area (TPSA) is 40.5 Å². The molecular formula is C10H16FNO2. The predicted octanol–water partition coefficient (Wildman–Crippen LogP) is 0.575. The lowest BCUT2D eigenvalue weighted by molar-refractivity contribution is -0.141. The second-order valence-corrected chi connectivity index (χ2v) is 4.63. The minimum absolute atomic E-state index is 0.0405. The highest BCUT2D eigenvalue weighted by Gasteiger charge is 2.51. The molecular weight excluding hydrogens is 185 g/mol. The molecule has 0 aromatic heterocycles. The van der Waals surface area contributed by atoms with Crippen LogP contribution in [0.3, 0.4) is 0 Å². The zero-order valence-electron chi connectivity index (χ0n) is 8.37. The molecule has 0 unspecified atom stereocenters. The van der Waals surface area contributed by atoms with Gasteiger partial charge >= 0.3 is 0 Å². The Hall–Kier alpha value is -0.640. The molecule has 1 aliphatic heterocycles. The minimum atomic E-state index is -1.09. The Morgan fingerprint density at radius 3 is 2.64 bits per heavy atom. The van der Waals surface area contributed by atoms with E-state index in [9.17, 15) is 14.3 Å². The van der Waals surface area contributed by atoms with Gasteiger partial charge in [-0.25, -0.2) is 0 Å². The van der Waals surface area contributed by atoms with Crippen molar-refractivity contribution in [3.63, 3.8) is 0 Å². The third-order valence-corrected chi connectivity index (χ3v) is 3.38. The van der Waals surface area contributed by atoms with Crippen LogP contribution in [0, 0.1) is 11.8 Å². The van der Waals surface area contributed by atoms with Crippen molar-refractivity contribution in [1.29, 1.82) is 0 Å². The van der Waals surface area contributed by atoms with Crippen molar-refractivity contribution < 1.29 is 14.3 Å². The third kappa shape index (κ3) is 1.52. The summed E-state index contributed by atoms with van der Waals surface area (Å²) in [6.07, 6.45) is 1.13. The summed E-state index contributed by atoms with van der Waals surface area (Å²) in [7, 11) is 0. The predicted molar refractivity (Wildman–Crippen MR) is 49.4 cm³/mol. The zero-order chi connectivity index (χ0) is 10.3. The maximum Gasteiger partial charge on any atom is 0.254 e. The van der Waals surface area contributed by atoms with Gasteiger partial charge in [0.2, 0.25) is 0 Å². The van der Waals surface area contributed by atoms with E-state index < -0.39 is 5.60 Å². The molecule has 2 atom stereocenters. The van der Waals surface area contributed by atoms with E-state index >= 15 is 0 Å². The van der Waals surface area contributed by atoms with Crippen LogP contribution in [0.15, 0.2) is 0 Å². The van der Waals surface area contributed by atoms with Gasteiger partial charge in [0, 0.05) is 19.0 Å². The van der Waals surface area contributed by atoms with Crippen molar-refractivity contribution in [1.82, 2.24) is 4.90 Å².